The van der Waals surface area contributed by atoms with Crippen LogP contribution in [0.5, 0.6) is 0 Å². The molecule has 0 fully saturated rings. The number of H-pyrrole nitrogens is 1. The molecule has 2 aromatic rings. The SMILES string of the molecule is CC1CCc2ccccc2N1C(=O)CN(C)Cc1ccn[nH]1. The van der Waals surface area contributed by atoms with Gasteiger partial charge in [0, 0.05) is 30.2 Å². The molecule has 0 bridgehead atoms. The van der Waals surface area contributed by atoms with E-state index in [0.717, 1.165) is 24.2 Å². The lowest BCUT2D eigenvalue weighted by molar-refractivity contribution is -0.120. The first-order chi connectivity index (χ1) is 10.6. The van der Waals surface area contributed by atoms with Crippen molar-refractivity contribution < 1.29 is 4.79 Å². The van der Waals surface area contributed by atoms with Crippen LogP contribution in [0.4, 0.5) is 5.69 Å². The highest BCUT2D eigenvalue weighted by atomic mass is 16.2. The number of aryl methyl sites for hydroxylation is 1. The van der Waals surface area contributed by atoms with Crippen LogP contribution in [0.1, 0.15) is 24.6 Å². The summed E-state index contributed by atoms with van der Waals surface area (Å²) in [6.45, 7) is 3.22. The molecule has 1 unspecified atom stereocenters. The lowest BCUT2D eigenvalue weighted by Gasteiger charge is -2.36. The highest BCUT2D eigenvalue weighted by molar-refractivity contribution is 5.96. The summed E-state index contributed by atoms with van der Waals surface area (Å²) in [5.74, 6) is 0.154. The molecule has 1 amide bonds. The van der Waals surface area contributed by atoms with E-state index >= 15 is 0 Å². The summed E-state index contributed by atoms with van der Waals surface area (Å²) in [7, 11) is 1.96. The van der Waals surface area contributed by atoms with Crippen molar-refractivity contribution >= 4 is 11.6 Å². The lowest BCUT2D eigenvalue weighted by atomic mass is 9.96. The quantitative estimate of drug-likeness (QED) is 0.941. The number of nitrogens with zero attached hydrogens (tertiary/aromatic N) is 3. The Kier molecular flexibility index (Phi) is 4.24. The van der Waals surface area contributed by atoms with Crippen LogP contribution in [0.2, 0.25) is 0 Å². The molecule has 5 heteroatoms. The smallest absolute Gasteiger partial charge is 0.241 e. The summed E-state index contributed by atoms with van der Waals surface area (Å²) in [5.41, 5.74) is 3.36. The van der Waals surface area contributed by atoms with Gasteiger partial charge in [-0.25, -0.2) is 0 Å². The van der Waals surface area contributed by atoms with Crippen LogP contribution in [-0.2, 0) is 17.8 Å². The third kappa shape index (κ3) is 3.04. The minimum Gasteiger partial charge on any atom is -0.308 e. The van der Waals surface area contributed by atoms with Crippen molar-refractivity contribution in [3.8, 4) is 0 Å². The fourth-order valence-corrected chi connectivity index (χ4v) is 3.09. The Morgan fingerprint density at radius 1 is 1.41 bits per heavy atom. The fraction of sp³-hybridized carbons (Fsp3) is 0.412. The predicted molar refractivity (Wildman–Crippen MR) is 86.6 cm³/mol. The summed E-state index contributed by atoms with van der Waals surface area (Å²) < 4.78 is 0. The normalized spacial score (nSPS) is 17.6. The van der Waals surface area contributed by atoms with Gasteiger partial charge in [-0.05, 0) is 44.5 Å². The van der Waals surface area contributed by atoms with Gasteiger partial charge in [-0.3, -0.25) is 14.8 Å². The van der Waals surface area contributed by atoms with Gasteiger partial charge in [-0.1, -0.05) is 18.2 Å². The second-order valence-electron chi connectivity index (χ2n) is 6.03. The maximum absolute atomic E-state index is 12.8. The highest BCUT2D eigenvalue weighted by Crippen LogP contribution is 2.30. The third-order valence-corrected chi connectivity index (χ3v) is 4.20. The third-order valence-electron chi connectivity index (χ3n) is 4.20. The average Bonchev–Trinajstić information content (AvgIpc) is 2.99. The molecular formula is C17H22N4O. The van der Waals surface area contributed by atoms with Crippen LogP contribution in [0.15, 0.2) is 36.5 Å². The standard InChI is InChI=1S/C17H22N4O/c1-13-7-8-14-5-3-4-6-16(14)21(13)17(22)12-20(2)11-15-9-10-18-19-15/h3-6,9-10,13H,7-8,11-12H2,1-2H3,(H,18,19). The Balaban J connectivity index is 1.71. The molecule has 0 saturated carbocycles. The molecule has 5 nitrogen and oxygen atoms in total. The zero-order valence-electron chi connectivity index (χ0n) is 13.1. The molecule has 0 saturated heterocycles. The number of para-hydroxylation sites is 1. The van der Waals surface area contributed by atoms with Crippen LogP contribution in [-0.4, -0.2) is 40.6 Å². The first kappa shape index (κ1) is 14.8. The van der Waals surface area contributed by atoms with E-state index < -0.39 is 0 Å². The van der Waals surface area contributed by atoms with Gasteiger partial charge in [0.2, 0.25) is 5.91 Å². The van der Waals surface area contributed by atoms with Gasteiger partial charge in [0.25, 0.3) is 0 Å². The molecule has 2 heterocycles. The molecule has 0 spiro atoms. The van der Waals surface area contributed by atoms with Gasteiger partial charge in [0.1, 0.15) is 0 Å². The van der Waals surface area contributed by atoms with Crippen molar-refractivity contribution in [1.29, 1.82) is 0 Å². The summed E-state index contributed by atoms with van der Waals surface area (Å²) in [5, 5.41) is 6.87. The molecule has 1 aromatic heterocycles. The van der Waals surface area contributed by atoms with Gasteiger partial charge >= 0.3 is 0 Å². The summed E-state index contributed by atoms with van der Waals surface area (Å²) in [4.78, 5) is 16.7. The first-order valence-electron chi connectivity index (χ1n) is 7.72. The monoisotopic (exact) mass is 298 g/mol. The second kappa shape index (κ2) is 6.32. The van der Waals surface area contributed by atoms with Crippen molar-refractivity contribution in [2.75, 3.05) is 18.5 Å². The van der Waals surface area contributed by atoms with Gasteiger partial charge in [0.05, 0.1) is 6.54 Å². The van der Waals surface area contributed by atoms with Crippen molar-refractivity contribution in [2.24, 2.45) is 0 Å². The van der Waals surface area contributed by atoms with Crippen LogP contribution in [0.3, 0.4) is 0 Å². The van der Waals surface area contributed by atoms with Gasteiger partial charge in [0.15, 0.2) is 0 Å². The number of nitrogens with one attached hydrogen (secondary N) is 1. The van der Waals surface area contributed by atoms with Crippen LogP contribution in [0.25, 0.3) is 0 Å². The summed E-state index contributed by atoms with van der Waals surface area (Å²) in [6.07, 6.45) is 3.80. The van der Waals surface area contributed by atoms with Crippen LogP contribution < -0.4 is 4.90 Å². The van der Waals surface area contributed by atoms with Crippen molar-refractivity contribution in [3.63, 3.8) is 0 Å². The Morgan fingerprint density at radius 3 is 3.00 bits per heavy atom. The zero-order valence-corrected chi connectivity index (χ0v) is 13.1. The van der Waals surface area contributed by atoms with E-state index in [0.29, 0.717) is 13.1 Å². The molecule has 1 N–H and O–H groups in total. The van der Waals surface area contributed by atoms with E-state index in [1.54, 1.807) is 6.20 Å². The topological polar surface area (TPSA) is 52.2 Å². The van der Waals surface area contributed by atoms with E-state index in [1.807, 2.05) is 35.0 Å². The Hall–Kier alpha value is -2.14. The molecule has 0 radical (unpaired) electrons. The molecule has 1 aliphatic rings. The number of anilines is 1. The number of rotatable bonds is 4. The number of benzene rings is 1. The predicted octanol–water partition coefficient (Wildman–Crippen LogP) is 2.21. The van der Waals surface area contributed by atoms with Gasteiger partial charge in [-0.2, -0.15) is 5.10 Å². The number of carbonyl (C=O) groups excluding carboxylic acids is 1. The number of aromatic nitrogens is 2. The van der Waals surface area contributed by atoms with Gasteiger partial charge in [-0.15, -0.1) is 0 Å². The molecule has 22 heavy (non-hydrogen) atoms. The largest absolute Gasteiger partial charge is 0.308 e. The van der Waals surface area contributed by atoms with Crippen molar-refractivity contribution in [2.45, 2.75) is 32.4 Å². The van der Waals surface area contributed by atoms with E-state index in [2.05, 4.69) is 29.3 Å². The van der Waals surface area contributed by atoms with E-state index in [1.165, 1.54) is 5.56 Å². The number of amides is 1. The molecule has 1 aromatic carbocycles. The Bertz CT molecular complexity index is 638. The molecule has 1 aliphatic heterocycles. The molecular weight excluding hydrogens is 276 g/mol. The Labute approximate surface area is 130 Å². The highest BCUT2D eigenvalue weighted by Gasteiger charge is 2.28. The minimum absolute atomic E-state index is 0.154. The van der Waals surface area contributed by atoms with Crippen molar-refractivity contribution in [1.82, 2.24) is 15.1 Å². The van der Waals surface area contributed by atoms with E-state index in [9.17, 15) is 4.79 Å². The number of hydrogen-bond acceptors (Lipinski definition) is 3. The zero-order chi connectivity index (χ0) is 15.5. The fourth-order valence-electron chi connectivity index (χ4n) is 3.09. The summed E-state index contributed by atoms with van der Waals surface area (Å²) in [6, 6.07) is 10.4. The number of fused-ring (bicyclic) bond motifs is 1. The average molecular weight is 298 g/mol. The minimum atomic E-state index is 0.154. The van der Waals surface area contributed by atoms with Crippen LogP contribution >= 0.6 is 0 Å². The number of likely N-dealkylation sites (N-methyl/N-ethyl adjacent to an activating group) is 1. The maximum Gasteiger partial charge on any atom is 0.241 e. The van der Waals surface area contributed by atoms with Crippen molar-refractivity contribution in [3.05, 3.63) is 47.8 Å². The van der Waals surface area contributed by atoms with Gasteiger partial charge < -0.3 is 4.90 Å². The molecule has 1 atom stereocenters. The molecule has 0 aliphatic carbocycles. The van der Waals surface area contributed by atoms with Crippen LogP contribution in [0, 0.1) is 0 Å². The summed E-state index contributed by atoms with van der Waals surface area (Å²) >= 11 is 0. The maximum atomic E-state index is 12.8. The number of aromatic amines is 1. The number of hydrogen-bond donors (Lipinski definition) is 1. The first-order valence-corrected chi connectivity index (χ1v) is 7.72. The van der Waals surface area contributed by atoms with E-state index in [4.69, 9.17) is 0 Å². The molecule has 3 rings (SSSR count). The number of carbonyl (C=O) groups is 1. The lowest BCUT2D eigenvalue weighted by Crippen LogP contribution is -2.46. The second-order valence-corrected chi connectivity index (χ2v) is 6.03. The molecule has 116 valence electrons. The van der Waals surface area contributed by atoms with E-state index in [-0.39, 0.29) is 11.9 Å². The Morgan fingerprint density at radius 2 is 2.23 bits per heavy atom.